The molecule has 520 valence electrons. The predicted molar refractivity (Wildman–Crippen MR) is 351 cm³/mol. The fraction of sp³-hybridized carbons (Fsp3) is 0.486. The van der Waals surface area contributed by atoms with E-state index in [9.17, 15) is 39.4 Å². The van der Waals surface area contributed by atoms with E-state index in [1.165, 1.54) is 45.4 Å². The average molecular weight is 1360 g/mol. The summed E-state index contributed by atoms with van der Waals surface area (Å²) in [5, 5.41) is 17.7. The van der Waals surface area contributed by atoms with E-state index >= 15 is 0 Å². The summed E-state index contributed by atoms with van der Waals surface area (Å²) in [4.78, 5) is 80.1. The first-order valence-corrected chi connectivity index (χ1v) is 32.6. The molecule has 0 aliphatic carbocycles. The first-order chi connectivity index (χ1) is 46.6. The number of azide groups is 2. The predicted octanol–water partition coefficient (Wildman–Crippen LogP) is 11.2. The summed E-state index contributed by atoms with van der Waals surface area (Å²) in [6.07, 6.45) is -8.33. The molecule has 4 saturated heterocycles. The topological polar surface area (TPSA) is 340 Å². The molecule has 0 aromatic heterocycles. The van der Waals surface area contributed by atoms with Gasteiger partial charge in [0.2, 0.25) is 0 Å². The van der Waals surface area contributed by atoms with Crippen LogP contribution in [0, 0.1) is 36.5 Å². The lowest BCUT2D eigenvalue weighted by Crippen LogP contribution is -2.57. The Balaban J connectivity index is 0.000000217. The van der Waals surface area contributed by atoms with Crippen molar-refractivity contribution in [1.82, 2.24) is 0 Å². The van der Waals surface area contributed by atoms with Crippen LogP contribution < -0.4 is 0 Å². The standard InChI is InChI=1S/C31H37N3O10.C24H28O5S.C15H19N3O5/c1-18-19(2)27(44-29(37)22-13-9-6-10-14-22)31(42-25(18)16-39-20(3)35)41-24-15-23(33-34-32)30(38-4)43-26(24)17-40-28(36)21-11-7-5-8-12-21;1-15-10-12-20(13-11-15)30-24-22(29-23(26)19-8-6-5-7-9-19)17(3)16(2)21(28-24)14-27-18(4)25;1-9-12(17-18-16)15(21-2)23-11(13(9)19)8-22-14(20)10-6-4-3-5-7-10/h5-14,18-19,23-27,30-31H,15-17H2,1-4H3;5-13,16-17,21-22,24H,14H2,1-4H3;3-7,9,11-13,15,19H,8H2,1-2H3/t18-,19-,23?,24-,25?,26?,27?,30-,31+;16-,17-,21?,22?,24+;9-,11?,12?,13+,15+/m001/s1. The van der Waals surface area contributed by atoms with Gasteiger partial charge in [-0.1, -0.05) is 147 Å². The molecule has 0 bridgehead atoms. The minimum atomic E-state index is -1.14. The molecule has 0 radical (unpaired) electrons. The van der Waals surface area contributed by atoms with Gasteiger partial charge in [-0.05, 0) is 103 Å². The van der Waals surface area contributed by atoms with E-state index in [1.54, 1.807) is 110 Å². The van der Waals surface area contributed by atoms with Crippen LogP contribution in [0.3, 0.4) is 0 Å². The van der Waals surface area contributed by atoms with Crippen LogP contribution in [0.25, 0.3) is 20.9 Å². The van der Waals surface area contributed by atoms with E-state index in [4.69, 9.17) is 67.1 Å². The maximum Gasteiger partial charge on any atom is 0.338 e. The van der Waals surface area contributed by atoms with Crippen LogP contribution in [0.15, 0.2) is 161 Å². The van der Waals surface area contributed by atoms with E-state index in [2.05, 4.69) is 27.0 Å². The molecule has 19 atom stereocenters. The molecule has 5 aromatic rings. The molecule has 8 unspecified atom stereocenters. The van der Waals surface area contributed by atoms with E-state index in [-0.39, 0.29) is 74.6 Å². The second-order valence-electron chi connectivity index (χ2n) is 23.7. The van der Waals surface area contributed by atoms with Crippen LogP contribution in [-0.2, 0) is 71.2 Å². The van der Waals surface area contributed by atoms with Crippen molar-refractivity contribution >= 4 is 47.6 Å². The molecule has 4 fully saturated rings. The van der Waals surface area contributed by atoms with Crippen LogP contribution in [0.1, 0.15) is 102 Å². The van der Waals surface area contributed by atoms with Crippen molar-refractivity contribution in [1.29, 1.82) is 0 Å². The molecule has 27 heteroatoms. The molecule has 0 saturated carbocycles. The Hall–Kier alpha value is -8.43. The van der Waals surface area contributed by atoms with Crippen LogP contribution in [0.4, 0.5) is 0 Å². The Morgan fingerprint density at radius 2 is 0.907 bits per heavy atom. The number of rotatable bonds is 22. The third kappa shape index (κ3) is 21.8. The molecule has 26 nitrogen and oxygen atoms in total. The maximum atomic E-state index is 13.1. The summed E-state index contributed by atoms with van der Waals surface area (Å²) in [5.41, 5.74) is 20.2. The second-order valence-corrected chi connectivity index (χ2v) is 24.9. The first kappa shape index (κ1) is 75.9. The van der Waals surface area contributed by atoms with Crippen molar-refractivity contribution in [2.75, 3.05) is 40.6 Å². The molecule has 5 aromatic carbocycles. The fourth-order valence-electron chi connectivity index (χ4n) is 11.1. The quantitative estimate of drug-likeness (QED) is 0.0221. The van der Waals surface area contributed by atoms with Crippen molar-refractivity contribution in [3.05, 3.63) is 194 Å². The Labute approximate surface area is 567 Å². The number of ether oxygens (including phenoxy) is 13. The number of methoxy groups -OCH3 is 2. The summed E-state index contributed by atoms with van der Waals surface area (Å²) >= 11 is 1.52. The van der Waals surface area contributed by atoms with Gasteiger partial charge in [-0.2, -0.15) is 0 Å². The van der Waals surface area contributed by atoms with Gasteiger partial charge in [-0.15, -0.1) is 0 Å². The lowest BCUT2D eigenvalue weighted by Gasteiger charge is -2.46. The summed E-state index contributed by atoms with van der Waals surface area (Å²) in [6, 6.07) is 41.2. The number of hydrogen-bond acceptors (Lipinski definition) is 23. The molecule has 4 aliphatic heterocycles. The van der Waals surface area contributed by atoms with Gasteiger partial charge >= 0.3 is 35.8 Å². The maximum absolute atomic E-state index is 13.1. The number of carbonyl (C=O) groups excluding carboxylic acids is 6. The Bertz CT molecular complexity index is 3430. The summed E-state index contributed by atoms with van der Waals surface area (Å²) in [5.74, 6) is -3.60. The van der Waals surface area contributed by atoms with Gasteiger partial charge in [0.25, 0.3) is 0 Å². The molecule has 97 heavy (non-hydrogen) atoms. The number of thioether (sulfide) groups is 1. The number of benzene rings is 5. The number of aliphatic hydroxyl groups is 1. The summed E-state index contributed by atoms with van der Waals surface area (Å²) < 4.78 is 74.4. The van der Waals surface area contributed by atoms with Gasteiger partial charge in [-0.3, -0.25) is 9.59 Å². The monoisotopic (exact) mass is 1360 g/mol. The third-order valence-corrected chi connectivity index (χ3v) is 18.4. The number of aryl methyl sites for hydroxylation is 1. The van der Waals surface area contributed by atoms with Gasteiger partial charge in [-0.25, -0.2) is 19.2 Å². The SMILES string of the molecule is CC(=O)OCC1O[C@H](Sc2ccc(C)cc2)C(OC(=O)c2ccccc2)[C@@H](C)[C@@H]1C.CO[C@H]1OC(COC(=O)c2ccccc2)[C@@H](O)[C@H](C)C1N=[N+]=[N-].CO[C@H]1OC(COC(=O)c2ccccc2)[C@@H](O[C@@H]2OC(COC(C)=O)[C@@H](C)[C@H](C)C2OC(=O)c2ccccc2)CC1N=[N+]=[N-]. The molecule has 1 N–H and O–H groups in total. The number of nitrogens with zero attached hydrogens (tertiary/aromatic N) is 6. The molecule has 0 spiro atoms. The van der Waals surface area contributed by atoms with E-state index in [1.807, 2.05) is 70.2 Å². The molecule has 4 heterocycles. The van der Waals surface area contributed by atoms with Gasteiger partial charge in [0.1, 0.15) is 50.2 Å². The molecular formula is C70H84N6O20S. The highest BCUT2D eigenvalue weighted by Crippen LogP contribution is 2.41. The van der Waals surface area contributed by atoms with Gasteiger partial charge in [0.05, 0.1) is 58.8 Å². The summed E-state index contributed by atoms with van der Waals surface area (Å²) in [6.45, 7) is 14.2. The molecule has 9 rings (SSSR count). The second kappa shape index (κ2) is 37.9. The first-order valence-electron chi connectivity index (χ1n) is 31.7. The van der Waals surface area contributed by atoms with Crippen molar-refractivity contribution in [3.63, 3.8) is 0 Å². The van der Waals surface area contributed by atoms with Crippen molar-refractivity contribution in [2.45, 2.75) is 152 Å². The lowest BCUT2D eigenvalue weighted by molar-refractivity contribution is -0.317. The Kier molecular flexibility index (Phi) is 29.7. The van der Waals surface area contributed by atoms with E-state index < -0.39 is 109 Å². The van der Waals surface area contributed by atoms with Crippen LogP contribution in [-0.4, -0.2) is 167 Å². The highest BCUT2D eigenvalue weighted by Gasteiger charge is 2.50. The summed E-state index contributed by atoms with van der Waals surface area (Å²) in [7, 11) is 2.83. The zero-order valence-corrected chi connectivity index (χ0v) is 56.5. The Morgan fingerprint density at radius 1 is 0.495 bits per heavy atom. The van der Waals surface area contributed by atoms with Crippen LogP contribution in [0.5, 0.6) is 0 Å². The van der Waals surface area contributed by atoms with E-state index in [0.717, 1.165) is 4.90 Å². The number of hydrogen-bond donors (Lipinski definition) is 1. The molecular weight excluding hydrogens is 1280 g/mol. The highest BCUT2D eigenvalue weighted by molar-refractivity contribution is 7.99. The van der Waals surface area contributed by atoms with Crippen LogP contribution in [0.2, 0.25) is 0 Å². The third-order valence-electron chi connectivity index (χ3n) is 17.2. The molecule has 0 amide bonds. The lowest BCUT2D eigenvalue weighted by atomic mass is 9.83. The zero-order chi connectivity index (χ0) is 70.1. The highest BCUT2D eigenvalue weighted by atomic mass is 32.2. The zero-order valence-electron chi connectivity index (χ0n) is 55.7. The fourth-order valence-corrected chi connectivity index (χ4v) is 12.3. The number of carbonyl (C=O) groups is 6. The smallest absolute Gasteiger partial charge is 0.338 e. The average Bonchev–Trinajstić information content (AvgIpc) is 0.805. The van der Waals surface area contributed by atoms with Gasteiger partial charge in [0, 0.05) is 54.6 Å². The van der Waals surface area contributed by atoms with Gasteiger partial charge in [0.15, 0.2) is 25.0 Å². The van der Waals surface area contributed by atoms with Crippen LogP contribution >= 0.6 is 11.8 Å². The largest absolute Gasteiger partial charge is 0.463 e. The Morgan fingerprint density at radius 3 is 1.37 bits per heavy atom. The minimum absolute atomic E-state index is 0.0231. The normalized spacial score (nSPS) is 28.8. The van der Waals surface area contributed by atoms with Gasteiger partial charge < -0.3 is 66.7 Å². The van der Waals surface area contributed by atoms with E-state index in [0.29, 0.717) is 22.3 Å². The van der Waals surface area contributed by atoms with Crippen molar-refractivity contribution in [2.24, 2.45) is 39.8 Å². The van der Waals surface area contributed by atoms with Crippen molar-refractivity contribution in [3.8, 4) is 0 Å². The number of aliphatic hydroxyl groups excluding tert-OH is 1. The molecule has 4 aliphatic rings. The minimum Gasteiger partial charge on any atom is -0.463 e. The van der Waals surface area contributed by atoms with Crippen molar-refractivity contribution < 1.29 is 95.5 Å². The number of esters is 6.